The molecule has 0 fully saturated rings. The van der Waals surface area contributed by atoms with E-state index in [0.29, 0.717) is 16.8 Å². The predicted molar refractivity (Wildman–Crippen MR) is 228 cm³/mol. The maximum Gasteiger partial charge on any atom is 0.124 e. The molecule has 6 aromatic heterocycles. The maximum atomic E-state index is 6.30. The summed E-state index contributed by atoms with van der Waals surface area (Å²) in [5, 5.41) is 1.35. The molecule has 0 aliphatic carbocycles. The average molecular weight is 902 g/mol. The van der Waals surface area contributed by atoms with Gasteiger partial charge < -0.3 is 14.3 Å². The lowest BCUT2D eigenvalue weighted by Gasteiger charge is -2.16. The Balaban J connectivity index is 0.000000174. The summed E-state index contributed by atoms with van der Waals surface area (Å²) >= 11 is 19.3. The first-order valence-electron chi connectivity index (χ1n) is 17.0. The van der Waals surface area contributed by atoms with E-state index in [1.54, 1.807) is 18.7 Å². The second kappa shape index (κ2) is 16.6. The van der Waals surface area contributed by atoms with E-state index in [1.807, 2.05) is 95.8 Å². The molecule has 2 aromatic carbocycles. The highest BCUT2D eigenvalue weighted by molar-refractivity contribution is 9.10. The fourth-order valence-electron chi connectivity index (χ4n) is 5.73. The highest BCUT2D eigenvalue weighted by atomic mass is 79.9. The smallest absolute Gasteiger partial charge is 0.124 e. The van der Waals surface area contributed by atoms with Crippen LogP contribution in [0.15, 0.2) is 119 Å². The summed E-state index contributed by atoms with van der Waals surface area (Å²) < 4.78 is 9.82. The van der Waals surface area contributed by atoms with Crippen molar-refractivity contribution in [3.63, 3.8) is 0 Å². The Labute approximate surface area is 340 Å². The van der Waals surface area contributed by atoms with E-state index < -0.39 is 8.07 Å². The molecule has 0 saturated heterocycles. The van der Waals surface area contributed by atoms with Crippen molar-refractivity contribution < 1.29 is 4.74 Å². The molecule has 1 N–H and O–H groups in total. The molecule has 272 valence electrons. The second-order valence-electron chi connectivity index (χ2n) is 13.7. The zero-order valence-electron chi connectivity index (χ0n) is 29.6. The first kappa shape index (κ1) is 38.0. The van der Waals surface area contributed by atoms with Crippen LogP contribution in [0.5, 0.6) is 0 Å². The molecule has 8 rings (SSSR count). The summed E-state index contributed by atoms with van der Waals surface area (Å²) in [5.41, 5.74) is 10.2. The summed E-state index contributed by atoms with van der Waals surface area (Å²) in [7, 11) is -1.15. The van der Waals surface area contributed by atoms with Crippen molar-refractivity contribution in [1.29, 1.82) is 0 Å². The molecule has 0 radical (unpaired) electrons. The van der Waals surface area contributed by atoms with Crippen LogP contribution < -0.4 is 0 Å². The van der Waals surface area contributed by atoms with Crippen LogP contribution in [0.1, 0.15) is 0 Å². The summed E-state index contributed by atoms with van der Waals surface area (Å²) in [5.74, 6) is 0. The normalized spacial score (nSPS) is 11.5. The van der Waals surface area contributed by atoms with Gasteiger partial charge in [0.15, 0.2) is 0 Å². The lowest BCUT2D eigenvalue weighted by atomic mass is 10.1. The number of hydrogen-bond donors (Lipinski definition) is 1. The average Bonchev–Trinajstić information content (AvgIpc) is 3.81. The van der Waals surface area contributed by atoms with E-state index in [0.717, 1.165) is 89.0 Å². The van der Waals surface area contributed by atoms with Gasteiger partial charge in [-0.2, -0.15) is 0 Å². The molecule has 8 aromatic rings. The Morgan fingerprint density at radius 2 is 1.30 bits per heavy atom. The molecule has 9 nitrogen and oxygen atoms in total. The van der Waals surface area contributed by atoms with Crippen LogP contribution in [0, 0.1) is 0 Å². The minimum Gasteiger partial charge on any atom is -0.361 e. The second-order valence-corrected chi connectivity index (χ2v) is 22.0. The number of benzene rings is 2. The summed E-state index contributed by atoms with van der Waals surface area (Å²) in [4.78, 5) is 30.6. The molecule has 0 saturated carbocycles. The molecule has 0 amide bonds. The first-order valence-corrected chi connectivity index (χ1v) is 23.1. The Bertz CT molecular complexity index is 2590. The van der Waals surface area contributed by atoms with Gasteiger partial charge in [-0.25, -0.2) is 19.9 Å². The quantitative estimate of drug-likeness (QED) is 0.114. The maximum absolute atomic E-state index is 6.30. The van der Waals surface area contributed by atoms with E-state index in [2.05, 4.69) is 71.4 Å². The van der Waals surface area contributed by atoms with Crippen LogP contribution in [-0.2, 0) is 11.5 Å². The van der Waals surface area contributed by atoms with Gasteiger partial charge in [0.2, 0.25) is 0 Å². The Morgan fingerprint density at radius 1 is 0.685 bits per heavy atom. The number of nitrogens with one attached hydrogen (secondary N) is 1. The van der Waals surface area contributed by atoms with Crippen molar-refractivity contribution in [2.75, 3.05) is 6.61 Å². The molecule has 0 aliphatic rings. The van der Waals surface area contributed by atoms with Gasteiger partial charge in [0, 0.05) is 57.2 Å². The van der Waals surface area contributed by atoms with Crippen LogP contribution in [0.4, 0.5) is 0 Å². The van der Waals surface area contributed by atoms with Gasteiger partial charge in [-0.1, -0.05) is 67.1 Å². The van der Waals surface area contributed by atoms with Crippen LogP contribution in [-0.4, -0.2) is 54.1 Å². The third-order valence-corrected chi connectivity index (χ3v) is 11.4. The third kappa shape index (κ3) is 9.14. The van der Waals surface area contributed by atoms with Crippen LogP contribution in [0.3, 0.4) is 0 Å². The Hall–Kier alpha value is -4.30. The molecule has 6 heterocycles. The molecule has 0 spiro atoms. The zero-order valence-corrected chi connectivity index (χ0v) is 35.2. The van der Waals surface area contributed by atoms with E-state index in [-0.39, 0.29) is 0 Å². The number of H-pyrrole nitrogens is 1. The van der Waals surface area contributed by atoms with Gasteiger partial charge in [-0.05, 0) is 98.6 Å². The summed E-state index contributed by atoms with van der Waals surface area (Å²) in [6.45, 7) is 8.22. The number of nitrogens with zero attached hydrogens (tertiary/aromatic N) is 7. The van der Waals surface area contributed by atoms with Crippen LogP contribution in [0.2, 0.25) is 35.7 Å². The van der Waals surface area contributed by atoms with Gasteiger partial charge >= 0.3 is 0 Å². The summed E-state index contributed by atoms with van der Waals surface area (Å²) in [6, 6.07) is 28.2. The van der Waals surface area contributed by atoms with Gasteiger partial charge in [0.1, 0.15) is 12.4 Å². The minimum atomic E-state index is -1.15. The minimum absolute atomic E-state index is 0.431. The van der Waals surface area contributed by atoms with Gasteiger partial charge in [0.05, 0.1) is 63.2 Å². The molecular weight excluding hydrogens is 867 g/mol. The van der Waals surface area contributed by atoms with Crippen molar-refractivity contribution in [1.82, 2.24) is 39.5 Å². The van der Waals surface area contributed by atoms with Gasteiger partial charge in [-0.15, -0.1) is 0 Å². The molecule has 0 atom stereocenters. The number of imidazole rings is 2. The Kier molecular flexibility index (Phi) is 11.7. The van der Waals surface area contributed by atoms with E-state index in [4.69, 9.17) is 42.9 Å². The molecule has 54 heavy (non-hydrogen) atoms. The molecule has 0 bridgehead atoms. The number of ether oxygens (including phenoxy) is 1. The Morgan fingerprint density at radius 3 is 1.94 bits per heavy atom. The van der Waals surface area contributed by atoms with Crippen LogP contribution in [0.25, 0.3) is 67.4 Å². The van der Waals surface area contributed by atoms with Gasteiger partial charge in [0.25, 0.3) is 0 Å². The number of aromatic nitrogens is 8. The monoisotopic (exact) mass is 898 g/mol. The standard InChI is InChI=1S/C23H24BrClN4OSi.C17H10BrClN4/c1-31(2,3)10-9-30-15-29-14-27-22(23(29)16-5-4-6-18(25)11-16)20-8-7-19-21(28-20)12-17(24)13-26-19;18-11-7-15-13(20-8-11)4-5-14(23-15)17-16(21-9-22-17)10-2-1-3-12(19)6-10/h4-8,11-14H,9-10,15H2,1-3H3;1-9H,(H,21,22). The van der Waals surface area contributed by atoms with Crippen molar-refractivity contribution in [3.8, 4) is 45.3 Å². The lowest BCUT2D eigenvalue weighted by Crippen LogP contribution is -2.22. The lowest BCUT2D eigenvalue weighted by molar-refractivity contribution is 0.0882. The van der Waals surface area contributed by atoms with E-state index in [1.165, 1.54) is 0 Å². The number of pyridine rings is 4. The van der Waals surface area contributed by atoms with Crippen molar-refractivity contribution in [2.45, 2.75) is 32.4 Å². The zero-order chi connectivity index (χ0) is 37.8. The number of aromatic amines is 1. The highest BCUT2D eigenvalue weighted by Gasteiger charge is 2.19. The fraction of sp³-hybridized carbons (Fsp3) is 0.150. The van der Waals surface area contributed by atoms with Gasteiger partial charge in [-0.3, -0.25) is 9.97 Å². The number of halogens is 4. The largest absolute Gasteiger partial charge is 0.361 e. The first-order chi connectivity index (χ1) is 26.0. The van der Waals surface area contributed by atoms with Crippen LogP contribution >= 0.6 is 55.1 Å². The van der Waals surface area contributed by atoms with E-state index in [9.17, 15) is 0 Å². The fourth-order valence-corrected chi connectivity index (χ4v) is 7.50. The van der Waals surface area contributed by atoms with Crippen molar-refractivity contribution in [3.05, 3.63) is 129 Å². The molecule has 0 unspecified atom stereocenters. The SMILES string of the molecule is C[Si](C)(C)CCOCn1cnc(-c2ccc3ncc(Br)cc3n2)c1-c1cccc(Cl)c1.Clc1cccc(-c2nc[nH]c2-c2ccc3ncc(Br)cc3n2)c1. The summed E-state index contributed by atoms with van der Waals surface area (Å²) in [6.07, 6.45) is 7.01. The van der Waals surface area contributed by atoms with Crippen molar-refractivity contribution in [2.24, 2.45) is 0 Å². The molecular formula is C40H34Br2Cl2N8OSi. The van der Waals surface area contributed by atoms with E-state index >= 15 is 0 Å². The van der Waals surface area contributed by atoms with Crippen molar-refractivity contribution >= 4 is 85.2 Å². The number of hydrogen-bond acceptors (Lipinski definition) is 7. The number of fused-ring (bicyclic) bond motifs is 2. The predicted octanol–water partition coefficient (Wildman–Crippen LogP) is 12.0. The molecule has 0 aliphatic heterocycles. The molecule has 14 heteroatoms. The highest BCUT2D eigenvalue weighted by Crippen LogP contribution is 2.33. The topological polar surface area (TPSA) is 107 Å². The number of rotatable bonds is 9. The third-order valence-electron chi connectivity index (χ3n) is 8.41.